The van der Waals surface area contributed by atoms with E-state index in [9.17, 15) is 4.21 Å². The molecule has 0 heterocycles. The van der Waals surface area contributed by atoms with E-state index in [2.05, 4.69) is 41.3 Å². The number of hydrogen-bond donors (Lipinski definition) is 1. The normalized spacial score (nSPS) is 5.90. The minimum atomic E-state index is -0.611. The number of rotatable bonds is 0. The molecule has 0 atom stereocenters. The van der Waals surface area contributed by atoms with Crippen LogP contribution in [0.3, 0.4) is 0 Å². The van der Waals surface area contributed by atoms with Crippen LogP contribution >= 0.6 is 35.5 Å². The molecule has 0 saturated heterocycles. The summed E-state index contributed by atoms with van der Waals surface area (Å²) in [5, 5.41) is 0. The second-order valence-corrected chi connectivity index (χ2v) is 30.4. The van der Waals surface area contributed by atoms with E-state index in [4.69, 9.17) is 0 Å². The van der Waals surface area contributed by atoms with Crippen LogP contribution in [0.4, 0.5) is 0 Å². The summed E-state index contributed by atoms with van der Waals surface area (Å²) in [6.45, 7) is 0. The number of hydrogen-bond acceptors (Lipinski definition) is 1. The van der Waals surface area contributed by atoms with E-state index in [1.54, 1.807) is 19.6 Å². The summed E-state index contributed by atoms with van der Waals surface area (Å²) in [6, 6.07) is 0. The first-order valence-electron chi connectivity index (χ1n) is 2.07. The van der Waals surface area contributed by atoms with Crippen LogP contribution in [0.1, 0.15) is 0 Å². The molecule has 0 bridgehead atoms. The van der Waals surface area contributed by atoms with E-state index < -0.39 is 10.8 Å². The molecule has 0 saturated carbocycles. The zero-order chi connectivity index (χ0) is 8.28. The molecular weight excluding hydrogens is 686 g/mol. The Kier molecular flexibility index (Phi) is 68.5. The molecule has 0 aliphatic rings. The maximum absolute atomic E-state index is 9.56. The van der Waals surface area contributed by atoms with Gasteiger partial charge in [0.25, 0.3) is 0 Å². The molecule has 0 fully saturated rings. The van der Waals surface area contributed by atoms with Gasteiger partial charge in [-0.25, -0.2) is 0 Å². The fraction of sp³-hybridized carbons (Fsp3) is 1.00. The van der Waals surface area contributed by atoms with Gasteiger partial charge < -0.3 is 29.7 Å². The van der Waals surface area contributed by atoms with E-state index in [0.717, 1.165) is 0 Å². The minimum absolute atomic E-state index is 0. The first kappa shape index (κ1) is 23.2. The molecule has 7 heteroatoms. The Morgan fingerprint density at radius 2 is 1.30 bits per heavy atom. The summed E-state index contributed by atoms with van der Waals surface area (Å²) in [6.07, 6.45) is 3.28. The molecule has 0 aromatic rings. The molecule has 0 amide bonds. The third kappa shape index (κ3) is 113. The molecule has 2 radical (unpaired) electrons. The van der Waals surface area contributed by atoms with Gasteiger partial charge in [0, 0.05) is 23.3 Å². The molecule has 0 spiro atoms. The Hall–Kier alpha value is 3.22. The van der Waals surface area contributed by atoms with Gasteiger partial charge in [0.1, 0.15) is 0 Å². The first-order chi connectivity index (χ1) is 4.15. The first-order valence-corrected chi connectivity index (χ1v) is 25.9. The Morgan fingerprint density at radius 1 is 1.30 bits per heavy atom. The van der Waals surface area contributed by atoms with Crippen molar-refractivity contribution in [2.24, 2.45) is 0 Å². The van der Waals surface area contributed by atoms with Gasteiger partial charge >= 0.3 is 51.2 Å². The third-order valence-electron chi connectivity index (χ3n) is 0. The van der Waals surface area contributed by atoms with Gasteiger partial charge in [-0.05, 0) is 0 Å². The van der Waals surface area contributed by atoms with Crippen molar-refractivity contribution >= 4 is 62.0 Å². The second-order valence-electron chi connectivity index (χ2n) is 0.813. The van der Waals surface area contributed by atoms with Crippen LogP contribution < -0.4 is 29.7 Å². The molecule has 10 heavy (non-hydrogen) atoms. The van der Waals surface area contributed by atoms with Crippen molar-refractivity contribution in [3.63, 3.8) is 0 Å². The monoisotopic (exact) mass is 699 g/mol. The second kappa shape index (κ2) is 29.5. The van der Waals surface area contributed by atoms with Crippen LogP contribution in [0.2, 0.25) is 0 Å². The SMILES string of the molecule is CS(C)=O.C[NH3+].[I-].[I][Pb][I]. The van der Waals surface area contributed by atoms with E-state index in [-0.39, 0.29) is 39.6 Å². The summed E-state index contributed by atoms with van der Waals surface area (Å²) in [5.74, 6) is 0. The Bertz CT molecular complexity index is 55.0. The van der Waals surface area contributed by atoms with E-state index in [0.29, 0.717) is 0 Å². The van der Waals surface area contributed by atoms with Gasteiger partial charge in [-0.2, -0.15) is 0 Å². The van der Waals surface area contributed by atoms with Crippen LogP contribution in [0.25, 0.3) is 0 Å². The summed E-state index contributed by atoms with van der Waals surface area (Å²) in [5.41, 5.74) is 3.25. The molecule has 3 N–H and O–H groups in total. The molecule has 0 aromatic heterocycles. The van der Waals surface area contributed by atoms with Crippen molar-refractivity contribution in [1.29, 1.82) is 0 Å². The average molecular weight is 698 g/mol. The summed E-state index contributed by atoms with van der Waals surface area (Å²) in [4.78, 5) is 0. The van der Waals surface area contributed by atoms with Gasteiger partial charge in [0.05, 0.1) is 7.05 Å². The summed E-state index contributed by atoms with van der Waals surface area (Å²) < 4.78 is 9.56. The molecular formula is C3H12I3NOPbS. The van der Waals surface area contributed by atoms with Gasteiger partial charge in [0.15, 0.2) is 0 Å². The Morgan fingerprint density at radius 3 is 1.30 bits per heavy atom. The number of halogens is 3. The summed E-state index contributed by atoms with van der Waals surface area (Å²) in [7, 11) is 1.14. The molecule has 0 aromatic carbocycles. The molecule has 0 rings (SSSR count). The molecule has 0 aliphatic carbocycles. The zero-order valence-electron chi connectivity index (χ0n) is 6.16. The van der Waals surface area contributed by atoms with Crippen molar-refractivity contribution < 1.29 is 33.9 Å². The van der Waals surface area contributed by atoms with Crippen molar-refractivity contribution in [1.82, 2.24) is 0 Å². The fourth-order valence-corrected chi connectivity index (χ4v) is 0. The molecule has 2 nitrogen and oxygen atoms in total. The standard InChI is InChI=1S/C2H6OS.CH5N.3HI.Pb/c1-4(2)3;1-2;;;;/h1-2H3;2H2,1H3;3*1H;/q;;;;;+2/p-2. The molecule has 0 aliphatic heterocycles. The van der Waals surface area contributed by atoms with E-state index >= 15 is 0 Å². The van der Waals surface area contributed by atoms with Crippen LogP contribution in [0, 0.1) is 0 Å². The van der Waals surface area contributed by atoms with Crippen molar-refractivity contribution in [2.75, 3.05) is 19.6 Å². The fourth-order valence-electron chi connectivity index (χ4n) is 0. The zero-order valence-corrected chi connectivity index (χ0v) is 17.3. The van der Waals surface area contributed by atoms with Gasteiger partial charge in [-0.15, -0.1) is 0 Å². The Labute approximate surface area is 113 Å². The van der Waals surface area contributed by atoms with E-state index in [1.807, 2.05) is 0 Å². The average Bonchev–Trinajstić information content (AvgIpc) is 1.71. The summed E-state index contributed by atoms with van der Waals surface area (Å²) >= 11 is 4.96. The topological polar surface area (TPSA) is 44.7 Å². The van der Waals surface area contributed by atoms with Crippen LogP contribution in [-0.4, -0.2) is 39.4 Å². The van der Waals surface area contributed by atoms with Gasteiger partial charge in [-0.1, -0.05) is 0 Å². The van der Waals surface area contributed by atoms with Gasteiger partial charge in [-0.3, -0.25) is 4.21 Å². The molecule has 66 valence electrons. The van der Waals surface area contributed by atoms with Crippen molar-refractivity contribution in [2.45, 2.75) is 0 Å². The van der Waals surface area contributed by atoms with Crippen LogP contribution in [-0.2, 0) is 10.8 Å². The van der Waals surface area contributed by atoms with Crippen LogP contribution in [0.5, 0.6) is 0 Å². The third-order valence-corrected chi connectivity index (χ3v) is 0. The predicted molar refractivity (Wildman–Crippen MR) is 62.6 cm³/mol. The Balaban J connectivity index is -0.0000000273. The van der Waals surface area contributed by atoms with Crippen LogP contribution in [0.15, 0.2) is 0 Å². The molecule has 0 unspecified atom stereocenters. The van der Waals surface area contributed by atoms with Crippen molar-refractivity contribution in [3.05, 3.63) is 0 Å². The quantitative estimate of drug-likeness (QED) is 0.217. The maximum atomic E-state index is 9.56. The van der Waals surface area contributed by atoms with Crippen molar-refractivity contribution in [3.8, 4) is 0 Å². The van der Waals surface area contributed by atoms with E-state index in [1.165, 1.54) is 0 Å². The number of quaternary nitrogens is 1. The predicted octanol–water partition coefficient (Wildman–Crippen LogP) is -2.75. The van der Waals surface area contributed by atoms with Gasteiger partial charge in [0.2, 0.25) is 0 Å².